The number of nitrogens with zero attached hydrogens (tertiary/aromatic N) is 3. The number of aryl methyl sites for hydroxylation is 1. The van der Waals surface area contributed by atoms with Crippen LogP contribution in [0.1, 0.15) is 51.4 Å². The molecule has 24 heavy (non-hydrogen) atoms. The topological polar surface area (TPSA) is 67.2 Å². The van der Waals surface area contributed by atoms with E-state index in [-0.39, 0.29) is 29.7 Å². The third kappa shape index (κ3) is 3.62. The van der Waals surface area contributed by atoms with Crippen molar-refractivity contribution < 1.29 is 9.59 Å². The second-order valence-electron chi connectivity index (χ2n) is 7.50. The first kappa shape index (κ1) is 17.0. The van der Waals surface area contributed by atoms with Crippen LogP contribution in [0.5, 0.6) is 0 Å². The van der Waals surface area contributed by atoms with Gasteiger partial charge in [0.05, 0.1) is 6.04 Å². The molecular weight excluding hydrogens is 304 g/mol. The highest BCUT2D eigenvalue weighted by molar-refractivity contribution is 5.82. The number of rotatable bonds is 5. The summed E-state index contributed by atoms with van der Waals surface area (Å²) in [4.78, 5) is 31.1. The van der Waals surface area contributed by atoms with Crippen LogP contribution in [-0.2, 0) is 16.6 Å². The Morgan fingerprint density at radius 3 is 2.33 bits per heavy atom. The number of hydrogen-bond acceptors (Lipinski definition) is 3. The third-order valence-corrected chi connectivity index (χ3v) is 5.21. The Bertz CT molecular complexity index is 598. The molecular formula is C18H28N4O2. The minimum Gasteiger partial charge on any atom is -0.346 e. The molecule has 2 amide bonds. The van der Waals surface area contributed by atoms with Gasteiger partial charge in [0.1, 0.15) is 5.82 Å². The number of aromatic nitrogens is 2. The monoisotopic (exact) mass is 332 g/mol. The smallest absolute Gasteiger partial charge is 0.225 e. The second kappa shape index (κ2) is 6.95. The highest BCUT2D eigenvalue weighted by Gasteiger charge is 2.36. The average Bonchev–Trinajstić information content (AvgIpc) is 3.34. The number of piperidine rings is 1. The molecule has 0 aromatic carbocycles. The fourth-order valence-electron chi connectivity index (χ4n) is 3.43. The van der Waals surface area contributed by atoms with Gasteiger partial charge in [0, 0.05) is 44.4 Å². The number of nitrogens with one attached hydrogen (secondary N) is 1. The van der Waals surface area contributed by atoms with Gasteiger partial charge in [0.25, 0.3) is 0 Å². The van der Waals surface area contributed by atoms with Gasteiger partial charge in [-0.1, -0.05) is 13.8 Å². The summed E-state index contributed by atoms with van der Waals surface area (Å²) in [5.74, 6) is 1.81. The van der Waals surface area contributed by atoms with Gasteiger partial charge in [-0.15, -0.1) is 0 Å². The van der Waals surface area contributed by atoms with E-state index in [9.17, 15) is 9.59 Å². The minimum absolute atomic E-state index is 0.00484. The van der Waals surface area contributed by atoms with E-state index in [0.29, 0.717) is 19.0 Å². The summed E-state index contributed by atoms with van der Waals surface area (Å²) in [6, 6.07) is -0.0800. The highest BCUT2D eigenvalue weighted by Crippen LogP contribution is 2.32. The zero-order valence-electron chi connectivity index (χ0n) is 14.9. The van der Waals surface area contributed by atoms with Gasteiger partial charge < -0.3 is 14.8 Å². The van der Waals surface area contributed by atoms with Crippen LogP contribution in [0, 0.1) is 17.8 Å². The van der Waals surface area contributed by atoms with E-state index in [2.05, 4.69) is 24.1 Å². The molecule has 2 fully saturated rings. The molecule has 2 heterocycles. The van der Waals surface area contributed by atoms with Crippen molar-refractivity contribution >= 4 is 11.8 Å². The third-order valence-electron chi connectivity index (χ3n) is 5.21. The summed E-state index contributed by atoms with van der Waals surface area (Å²) in [5, 5.41) is 3.18. The quantitative estimate of drug-likeness (QED) is 0.895. The lowest BCUT2D eigenvalue weighted by Crippen LogP contribution is -2.45. The first-order valence-electron chi connectivity index (χ1n) is 9.03. The van der Waals surface area contributed by atoms with Crippen molar-refractivity contribution in [3.63, 3.8) is 0 Å². The van der Waals surface area contributed by atoms with Crippen LogP contribution >= 0.6 is 0 Å². The summed E-state index contributed by atoms with van der Waals surface area (Å²) >= 11 is 0. The molecule has 0 unspecified atom stereocenters. The maximum Gasteiger partial charge on any atom is 0.225 e. The Morgan fingerprint density at radius 1 is 1.17 bits per heavy atom. The van der Waals surface area contributed by atoms with Crippen molar-refractivity contribution in [1.29, 1.82) is 0 Å². The first-order chi connectivity index (χ1) is 11.5. The predicted octanol–water partition coefficient (Wildman–Crippen LogP) is 1.88. The lowest BCUT2D eigenvalue weighted by atomic mass is 9.94. The average molecular weight is 332 g/mol. The van der Waals surface area contributed by atoms with Crippen LogP contribution in [0.2, 0.25) is 0 Å². The molecule has 0 radical (unpaired) electrons. The van der Waals surface area contributed by atoms with Crippen LogP contribution < -0.4 is 5.32 Å². The van der Waals surface area contributed by atoms with E-state index in [1.165, 1.54) is 0 Å². The summed E-state index contributed by atoms with van der Waals surface area (Å²) in [6.45, 7) is 5.61. The van der Waals surface area contributed by atoms with Crippen LogP contribution in [0.25, 0.3) is 0 Å². The molecule has 2 aliphatic rings. The van der Waals surface area contributed by atoms with Crippen molar-refractivity contribution in [2.24, 2.45) is 24.8 Å². The van der Waals surface area contributed by atoms with Gasteiger partial charge >= 0.3 is 0 Å². The lowest BCUT2D eigenvalue weighted by Gasteiger charge is -2.32. The molecule has 132 valence electrons. The SMILES string of the molecule is CC(C)[C@H](NC(=O)C1CCN(C(=O)C2CC2)CC1)c1nccn1C. The molecule has 1 aromatic heterocycles. The summed E-state index contributed by atoms with van der Waals surface area (Å²) < 4.78 is 1.96. The van der Waals surface area contributed by atoms with E-state index in [1.807, 2.05) is 22.7 Å². The molecule has 6 nitrogen and oxygen atoms in total. The van der Waals surface area contributed by atoms with Gasteiger partial charge in [-0.3, -0.25) is 9.59 Å². The van der Waals surface area contributed by atoms with Crippen LogP contribution in [-0.4, -0.2) is 39.4 Å². The molecule has 3 rings (SSSR count). The van der Waals surface area contributed by atoms with Crippen molar-refractivity contribution in [2.45, 2.75) is 45.6 Å². The zero-order valence-corrected chi connectivity index (χ0v) is 14.9. The van der Waals surface area contributed by atoms with Crippen molar-refractivity contribution in [3.05, 3.63) is 18.2 Å². The van der Waals surface area contributed by atoms with Gasteiger partial charge in [-0.25, -0.2) is 4.98 Å². The maximum absolute atomic E-state index is 12.7. The zero-order chi connectivity index (χ0) is 17.3. The number of carbonyl (C=O) groups excluding carboxylic acids is 2. The van der Waals surface area contributed by atoms with Gasteiger partial charge in [0.15, 0.2) is 0 Å². The Kier molecular flexibility index (Phi) is 4.92. The normalized spacial score (nSPS) is 20.2. The molecule has 0 spiro atoms. The second-order valence-corrected chi connectivity index (χ2v) is 7.50. The summed E-state index contributed by atoms with van der Waals surface area (Å²) in [7, 11) is 1.95. The molecule has 1 atom stereocenters. The van der Waals surface area contributed by atoms with E-state index in [4.69, 9.17) is 0 Å². The van der Waals surface area contributed by atoms with Crippen LogP contribution in [0.15, 0.2) is 12.4 Å². The van der Waals surface area contributed by atoms with E-state index < -0.39 is 0 Å². The van der Waals surface area contributed by atoms with Crippen LogP contribution in [0.3, 0.4) is 0 Å². The maximum atomic E-state index is 12.7. The lowest BCUT2D eigenvalue weighted by molar-refractivity contribution is -0.137. The van der Waals surface area contributed by atoms with E-state index >= 15 is 0 Å². The summed E-state index contributed by atoms with van der Waals surface area (Å²) in [5.41, 5.74) is 0. The van der Waals surface area contributed by atoms with Crippen molar-refractivity contribution in [1.82, 2.24) is 19.8 Å². The number of likely N-dealkylation sites (tertiary alicyclic amines) is 1. The van der Waals surface area contributed by atoms with Crippen molar-refractivity contribution in [2.75, 3.05) is 13.1 Å². The number of hydrogen-bond donors (Lipinski definition) is 1. The summed E-state index contributed by atoms with van der Waals surface area (Å²) in [6.07, 6.45) is 7.26. The largest absolute Gasteiger partial charge is 0.346 e. The predicted molar refractivity (Wildman–Crippen MR) is 91.0 cm³/mol. The van der Waals surface area contributed by atoms with Crippen molar-refractivity contribution in [3.8, 4) is 0 Å². The van der Waals surface area contributed by atoms with E-state index in [1.54, 1.807) is 6.20 Å². The fourth-order valence-corrected chi connectivity index (χ4v) is 3.43. The molecule has 1 aliphatic carbocycles. The number of amides is 2. The van der Waals surface area contributed by atoms with E-state index in [0.717, 1.165) is 31.5 Å². The minimum atomic E-state index is -0.0800. The molecule has 1 aliphatic heterocycles. The fraction of sp³-hybridized carbons (Fsp3) is 0.722. The molecule has 1 saturated heterocycles. The Labute approximate surface area is 143 Å². The van der Waals surface area contributed by atoms with Gasteiger partial charge in [0.2, 0.25) is 11.8 Å². The standard InChI is InChI=1S/C18H28N4O2/c1-12(2)15(16-19-8-11-21(16)3)20-17(23)13-6-9-22(10-7-13)18(24)14-4-5-14/h8,11-15H,4-7,9-10H2,1-3H3,(H,20,23)/t15-/m0/s1. The van der Waals surface area contributed by atoms with Gasteiger partial charge in [-0.05, 0) is 31.6 Å². The Morgan fingerprint density at radius 2 is 1.83 bits per heavy atom. The molecule has 1 saturated carbocycles. The Hall–Kier alpha value is -1.85. The molecule has 1 aromatic rings. The van der Waals surface area contributed by atoms with Crippen LogP contribution in [0.4, 0.5) is 0 Å². The molecule has 6 heteroatoms. The van der Waals surface area contributed by atoms with Gasteiger partial charge in [-0.2, -0.15) is 0 Å². The number of carbonyl (C=O) groups is 2. The molecule has 0 bridgehead atoms. The Balaban J connectivity index is 1.56. The number of imidazole rings is 1. The highest BCUT2D eigenvalue weighted by atomic mass is 16.2. The molecule has 1 N–H and O–H groups in total. The first-order valence-corrected chi connectivity index (χ1v) is 9.03.